The van der Waals surface area contributed by atoms with Crippen LogP contribution < -0.4 is 0 Å². The van der Waals surface area contributed by atoms with Crippen molar-refractivity contribution in [2.45, 2.75) is 64.2 Å². The number of rotatable bonds is 1. The van der Waals surface area contributed by atoms with Gasteiger partial charge in [0.15, 0.2) is 0 Å². The molecule has 1 amide bonds. The van der Waals surface area contributed by atoms with Crippen molar-refractivity contribution in [3.8, 4) is 0 Å². The summed E-state index contributed by atoms with van der Waals surface area (Å²) in [6, 6.07) is 0. The highest BCUT2D eigenvalue weighted by atomic mass is 16.5. The molecular weight excluding hydrogens is 256 g/mol. The molecule has 1 spiro atoms. The number of hydrogen-bond donors (Lipinski definition) is 1. The van der Waals surface area contributed by atoms with Gasteiger partial charge in [-0.3, -0.25) is 4.90 Å². The molecule has 0 bridgehead atoms. The molecule has 2 saturated heterocycles. The average Bonchev–Trinajstić information content (AvgIpc) is 2.37. The Morgan fingerprint density at radius 2 is 1.95 bits per heavy atom. The van der Waals surface area contributed by atoms with Crippen LogP contribution in [0.2, 0.25) is 0 Å². The molecule has 0 aromatic heterocycles. The van der Waals surface area contributed by atoms with E-state index in [0.29, 0.717) is 13.1 Å². The van der Waals surface area contributed by atoms with Gasteiger partial charge in [0, 0.05) is 31.7 Å². The van der Waals surface area contributed by atoms with E-state index in [9.17, 15) is 4.79 Å². The summed E-state index contributed by atoms with van der Waals surface area (Å²) in [6.45, 7) is 12.0. The second-order valence-corrected chi connectivity index (χ2v) is 7.15. The van der Waals surface area contributed by atoms with E-state index in [4.69, 9.17) is 9.84 Å². The Bertz CT molecular complexity index is 357. The number of carboxylic acid groups (broad SMARTS) is 1. The molecule has 2 rings (SSSR count). The van der Waals surface area contributed by atoms with Crippen LogP contribution in [0.4, 0.5) is 4.79 Å². The molecule has 0 aliphatic carbocycles. The Morgan fingerprint density at radius 1 is 1.35 bits per heavy atom. The van der Waals surface area contributed by atoms with E-state index >= 15 is 0 Å². The van der Waals surface area contributed by atoms with E-state index in [0.717, 1.165) is 32.4 Å². The Kier molecular flexibility index (Phi) is 4.30. The zero-order chi connectivity index (χ0) is 15.0. The van der Waals surface area contributed by atoms with Gasteiger partial charge >= 0.3 is 6.09 Å². The summed E-state index contributed by atoms with van der Waals surface area (Å²) in [5.74, 6) is 0. The molecule has 1 N–H and O–H groups in total. The van der Waals surface area contributed by atoms with Crippen molar-refractivity contribution in [1.82, 2.24) is 9.80 Å². The molecule has 116 valence electrons. The van der Waals surface area contributed by atoms with Gasteiger partial charge < -0.3 is 14.7 Å². The maximum absolute atomic E-state index is 11.0. The molecule has 0 aromatic rings. The van der Waals surface area contributed by atoms with E-state index in [1.165, 1.54) is 4.90 Å². The Hall–Kier alpha value is -0.810. The minimum Gasteiger partial charge on any atom is -0.465 e. The van der Waals surface area contributed by atoms with Crippen molar-refractivity contribution in [1.29, 1.82) is 0 Å². The lowest BCUT2D eigenvalue weighted by Crippen LogP contribution is -2.63. The summed E-state index contributed by atoms with van der Waals surface area (Å²) < 4.78 is 6.36. The molecule has 1 atom stereocenters. The third kappa shape index (κ3) is 3.26. The number of carbonyl (C=O) groups is 1. The normalized spacial score (nSPS) is 27.8. The number of hydrogen-bond acceptors (Lipinski definition) is 3. The Labute approximate surface area is 121 Å². The minimum atomic E-state index is -0.810. The highest BCUT2D eigenvalue weighted by Gasteiger charge is 2.45. The first-order valence-corrected chi connectivity index (χ1v) is 7.66. The predicted molar refractivity (Wildman–Crippen MR) is 78.1 cm³/mol. The lowest BCUT2D eigenvalue weighted by atomic mass is 9.86. The maximum Gasteiger partial charge on any atom is 0.407 e. The molecule has 0 radical (unpaired) electrons. The lowest BCUT2D eigenvalue weighted by molar-refractivity contribution is -0.187. The van der Waals surface area contributed by atoms with Crippen LogP contribution in [-0.2, 0) is 4.74 Å². The van der Waals surface area contributed by atoms with Crippen molar-refractivity contribution in [2.24, 2.45) is 0 Å². The van der Waals surface area contributed by atoms with E-state index in [1.807, 2.05) is 0 Å². The summed E-state index contributed by atoms with van der Waals surface area (Å²) in [5, 5.41) is 9.08. The SMILES string of the molecule is CCC1CN(C(C)(C)C)CC2(CCN(C(=O)O)CC2)O1. The largest absolute Gasteiger partial charge is 0.465 e. The van der Waals surface area contributed by atoms with Gasteiger partial charge in [-0.2, -0.15) is 0 Å². The number of ether oxygens (including phenoxy) is 1. The molecule has 0 saturated carbocycles. The number of piperidine rings is 1. The van der Waals surface area contributed by atoms with Crippen LogP contribution in [0.25, 0.3) is 0 Å². The fourth-order valence-corrected chi connectivity index (χ4v) is 3.19. The molecule has 5 heteroatoms. The van der Waals surface area contributed by atoms with Gasteiger partial charge in [-0.15, -0.1) is 0 Å². The summed E-state index contributed by atoms with van der Waals surface area (Å²) in [7, 11) is 0. The third-order valence-corrected chi connectivity index (χ3v) is 4.67. The van der Waals surface area contributed by atoms with Gasteiger partial charge in [0.1, 0.15) is 0 Å². The molecule has 2 heterocycles. The van der Waals surface area contributed by atoms with Gasteiger partial charge in [0.25, 0.3) is 0 Å². The summed E-state index contributed by atoms with van der Waals surface area (Å²) in [5.41, 5.74) is -0.0215. The number of amides is 1. The quantitative estimate of drug-likeness (QED) is 0.803. The van der Waals surface area contributed by atoms with Crippen LogP contribution in [0, 0.1) is 0 Å². The van der Waals surface area contributed by atoms with Crippen LogP contribution in [-0.4, -0.2) is 64.4 Å². The van der Waals surface area contributed by atoms with Crippen LogP contribution in [0.3, 0.4) is 0 Å². The smallest absolute Gasteiger partial charge is 0.407 e. The van der Waals surface area contributed by atoms with Crippen molar-refractivity contribution >= 4 is 6.09 Å². The average molecular weight is 284 g/mol. The first-order valence-electron chi connectivity index (χ1n) is 7.66. The summed E-state index contributed by atoms with van der Waals surface area (Å²) in [4.78, 5) is 15.1. The van der Waals surface area contributed by atoms with Crippen LogP contribution in [0.15, 0.2) is 0 Å². The van der Waals surface area contributed by atoms with Crippen LogP contribution in [0.5, 0.6) is 0 Å². The van der Waals surface area contributed by atoms with E-state index in [1.54, 1.807) is 0 Å². The predicted octanol–water partition coefficient (Wildman–Crippen LogP) is 2.41. The van der Waals surface area contributed by atoms with Crippen molar-refractivity contribution in [2.75, 3.05) is 26.2 Å². The fourth-order valence-electron chi connectivity index (χ4n) is 3.19. The van der Waals surface area contributed by atoms with Gasteiger partial charge in [-0.25, -0.2) is 4.79 Å². The molecule has 1 unspecified atom stereocenters. The van der Waals surface area contributed by atoms with Crippen molar-refractivity contribution in [3.05, 3.63) is 0 Å². The summed E-state index contributed by atoms with van der Waals surface area (Å²) >= 11 is 0. The lowest BCUT2D eigenvalue weighted by Gasteiger charge is -2.53. The summed E-state index contributed by atoms with van der Waals surface area (Å²) in [6.07, 6.45) is 2.08. The second-order valence-electron chi connectivity index (χ2n) is 7.15. The van der Waals surface area contributed by atoms with E-state index in [-0.39, 0.29) is 17.2 Å². The van der Waals surface area contributed by atoms with Gasteiger partial charge in [0.2, 0.25) is 0 Å². The van der Waals surface area contributed by atoms with Gasteiger partial charge in [0.05, 0.1) is 11.7 Å². The van der Waals surface area contributed by atoms with Crippen LogP contribution >= 0.6 is 0 Å². The number of morpholine rings is 1. The van der Waals surface area contributed by atoms with E-state index < -0.39 is 6.09 Å². The first-order chi connectivity index (χ1) is 9.26. The number of likely N-dealkylation sites (tertiary alicyclic amines) is 1. The van der Waals surface area contributed by atoms with Gasteiger partial charge in [-0.1, -0.05) is 6.92 Å². The Balaban J connectivity index is 2.09. The topological polar surface area (TPSA) is 53.0 Å². The van der Waals surface area contributed by atoms with Gasteiger partial charge in [-0.05, 0) is 40.0 Å². The zero-order valence-electron chi connectivity index (χ0n) is 13.2. The minimum absolute atomic E-state index is 0.133. The molecule has 2 aliphatic rings. The molecule has 2 fully saturated rings. The number of nitrogens with zero attached hydrogens (tertiary/aromatic N) is 2. The van der Waals surface area contributed by atoms with Crippen molar-refractivity contribution in [3.63, 3.8) is 0 Å². The van der Waals surface area contributed by atoms with Crippen LogP contribution in [0.1, 0.15) is 47.0 Å². The monoisotopic (exact) mass is 284 g/mol. The molecule has 20 heavy (non-hydrogen) atoms. The molecule has 2 aliphatic heterocycles. The third-order valence-electron chi connectivity index (χ3n) is 4.67. The van der Waals surface area contributed by atoms with E-state index in [2.05, 4.69) is 32.6 Å². The zero-order valence-corrected chi connectivity index (χ0v) is 13.2. The second kappa shape index (κ2) is 5.53. The highest BCUT2D eigenvalue weighted by Crippen LogP contribution is 2.35. The highest BCUT2D eigenvalue weighted by molar-refractivity contribution is 5.65. The first kappa shape index (κ1) is 15.6. The van der Waals surface area contributed by atoms with Crippen molar-refractivity contribution < 1.29 is 14.6 Å². The maximum atomic E-state index is 11.0. The Morgan fingerprint density at radius 3 is 2.40 bits per heavy atom. The fraction of sp³-hybridized carbons (Fsp3) is 0.933. The molecule has 5 nitrogen and oxygen atoms in total. The molecular formula is C15H28N2O3. The standard InChI is InChI=1S/C15H28N2O3/c1-5-12-10-17(14(2,3)4)11-15(20-12)6-8-16(9-7-15)13(18)19/h12H,5-11H2,1-4H3,(H,18,19). The molecule has 0 aromatic carbocycles.